The molecule has 0 aliphatic carbocycles. The Hall–Kier alpha value is -1.29. The Morgan fingerprint density at radius 1 is 1.30 bits per heavy atom. The van der Waals surface area contributed by atoms with Crippen molar-refractivity contribution in [1.29, 1.82) is 0 Å². The molecule has 0 radical (unpaired) electrons. The van der Waals surface area contributed by atoms with Crippen LogP contribution in [0.1, 0.15) is 33.1 Å². The van der Waals surface area contributed by atoms with Gasteiger partial charge in [0, 0.05) is 30.9 Å². The molecule has 1 aliphatic heterocycles. The highest BCUT2D eigenvalue weighted by molar-refractivity contribution is 5.48. The van der Waals surface area contributed by atoms with Gasteiger partial charge in [0.2, 0.25) is 0 Å². The van der Waals surface area contributed by atoms with E-state index in [9.17, 15) is 4.39 Å². The first-order valence-electron chi connectivity index (χ1n) is 7.64. The third-order valence-corrected chi connectivity index (χ3v) is 3.73. The van der Waals surface area contributed by atoms with Gasteiger partial charge in [-0.1, -0.05) is 6.92 Å². The molecule has 0 unspecified atom stereocenters. The summed E-state index contributed by atoms with van der Waals surface area (Å²) in [5.74, 6) is 0.0380. The molecule has 4 heteroatoms. The molecular formula is C16H25FN2O. The monoisotopic (exact) mass is 280 g/mol. The van der Waals surface area contributed by atoms with Crippen molar-refractivity contribution in [1.82, 2.24) is 4.90 Å². The van der Waals surface area contributed by atoms with E-state index in [1.54, 1.807) is 6.07 Å². The van der Waals surface area contributed by atoms with Crippen LogP contribution in [0, 0.1) is 5.82 Å². The molecule has 3 nitrogen and oxygen atoms in total. The van der Waals surface area contributed by atoms with E-state index in [0.717, 1.165) is 31.6 Å². The highest BCUT2D eigenvalue weighted by atomic mass is 19.1. The van der Waals surface area contributed by atoms with Gasteiger partial charge in [0.25, 0.3) is 0 Å². The molecule has 112 valence electrons. The molecule has 1 N–H and O–H groups in total. The van der Waals surface area contributed by atoms with Gasteiger partial charge in [0.05, 0.1) is 6.61 Å². The zero-order chi connectivity index (χ0) is 14.4. The van der Waals surface area contributed by atoms with Crippen molar-refractivity contribution < 1.29 is 9.13 Å². The maximum atomic E-state index is 13.8. The molecule has 0 amide bonds. The molecule has 1 saturated heterocycles. The van der Waals surface area contributed by atoms with Gasteiger partial charge in [-0.25, -0.2) is 4.39 Å². The SMILES string of the molecule is CCCN1CCC(Nc2ccc(OCC)c(F)c2)CC1. The van der Waals surface area contributed by atoms with Gasteiger partial charge in [0.1, 0.15) is 0 Å². The van der Waals surface area contributed by atoms with Gasteiger partial charge in [0.15, 0.2) is 11.6 Å². The minimum absolute atomic E-state index is 0.291. The van der Waals surface area contributed by atoms with Crippen LogP contribution in [-0.4, -0.2) is 37.2 Å². The first-order valence-corrected chi connectivity index (χ1v) is 7.64. The molecular weight excluding hydrogens is 255 g/mol. The molecule has 20 heavy (non-hydrogen) atoms. The number of nitrogens with zero attached hydrogens (tertiary/aromatic N) is 1. The summed E-state index contributed by atoms with van der Waals surface area (Å²) in [7, 11) is 0. The van der Waals surface area contributed by atoms with Crippen LogP contribution in [0.3, 0.4) is 0 Å². The van der Waals surface area contributed by atoms with E-state index in [4.69, 9.17) is 4.74 Å². The van der Waals surface area contributed by atoms with E-state index < -0.39 is 0 Å². The van der Waals surface area contributed by atoms with E-state index in [2.05, 4.69) is 17.1 Å². The van der Waals surface area contributed by atoms with Crippen LogP contribution in [-0.2, 0) is 0 Å². The summed E-state index contributed by atoms with van der Waals surface area (Å²) >= 11 is 0. The lowest BCUT2D eigenvalue weighted by Gasteiger charge is -2.32. The van der Waals surface area contributed by atoms with Crippen molar-refractivity contribution in [2.24, 2.45) is 0 Å². The minimum atomic E-state index is -0.291. The molecule has 1 aromatic carbocycles. The Morgan fingerprint density at radius 2 is 2.05 bits per heavy atom. The van der Waals surface area contributed by atoms with Gasteiger partial charge in [-0.15, -0.1) is 0 Å². The average molecular weight is 280 g/mol. The first-order chi connectivity index (χ1) is 9.72. The molecule has 0 spiro atoms. The molecule has 0 aromatic heterocycles. The average Bonchev–Trinajstić information content (AvgIpc) is 2.44. The summed E-state index contributed by atoms with van der Waals surface area (Å²) in [6.45, 7) is 8.00. The topological polar surface area (TPSA) is 24.5 Å². The van der Waals surface area contributed by atoms with Crippen LogP contribution >= 0.6 is 0 Å². The third-order valence-electron chi connectivity index (χ3n) is 3.73. The zero-order valence-electron chi connectivity index (χ0n) is 12.5. The fraction of sp³-hybridized carbons (Fsp3) is 0.625. The van der Waals surface area contributed by atoms with E-state index in [0.29, 0.717) is 18.4 Å². The largest absolute Gasteiger partial charge is 0.491 e. The first kappa shape index (κ1) is 15.1. The van der Waals surface area contributed by atoms with Gasteiger partial charge in [-0.05, 0) is 44.9 Å². The number of halogens is 1. The Balaban J connectivity index is 1.86. The molecule has 0 bridgehead atoms. The van der Waals surface area contributed by atoms with Gasteiger partial charge in [-0.3, -0.25) is 0 Å². The second-order valence-electron chi connectivity index (χ2n) is 5.34. The van der Waals surface area contributed by atoms with Crippen molar-refractivity contribution in [3.8, 4) is 5.75 Å². The molecule has 1 fully saturated rings. The quantitative estimate of drug-likeness (QED) is 0.863. The number of likely N-dealkylation sites (tertiary alicyclic amines) is 1. The lowest BCUT2D eigenvalue weighted by Crippen LogP contribution is -2.39. The van der Waals surface area contributed by atoms with Crippen LogP contribution in [0.4, 0.5) is 10.1 Å². The summed E-state index contributed by atoms with van der Waals surface area (Å²) in [6, 6.07) is 5.57. The maximum absolute atomic E-state index is 13.8. The summed E-state index contributed by atoms with van der Waals surface area (Å²) in [5.41, 5.74) is 0.847. The van der Waals surface area contributed by atoms with Gasteiger partial charge in [-0.2, -0.15) is 0 Å². The standard InChI is InChI=1S/C16H25FN2O/c1-3-9-19-10-7-13(8-11-19)18-14-5-6-16(20-4-2)15(17)12-14/h5-6,12-13,18H,3-4,7-11H2,1-2H3. The smallest absolute Gasteiger partial charge is 0.167 e. The number of ether oxygens (including phenoxy) is 1. The second kappa shape index (κ2) is 7.48. The number of piperidine rings is 1. The van der Waals surface area contributed by atoms with E-state index >= 15 is 0 Å². The highest BCUT2D eigenvalue weighted by Gasteiger charge is 2.18. The normalized spacial score (nSPS) is 17.1. The van der Waals surface area contributed by atoms with E-state index in [1.165, 1.54) is 19.0 Å². The summed E-state index contributed by atoms with van der Waals surface area (Å²) in [4.78, 5) is 2.50. The van der Waals surface area contributed by atoms with Crippen LogP contribution in [0.5, 0.6) is 5.75 Å². The summed E-state index contributed by atoms with van der Waals surface area (Å²) in [6.07, 6.45) is 3.45. The predicted molar refractivity (Wildman–Crippen MR) is 80.9 cm³/mol. The van der Waals surface area contributed by atoms with Gasteiger partial charge < -0.3 is 15.0 Å². The Labute approximate surface area is 121 Å². The molecule has 0 atom stereocenters. The number of hydrogen-bond donors (Lipinski definition) is 1. The summed E-state index contributed by atoms with van der Waals surface area (Å²) in [5, 5.41) is 3.43. The van der Waals surface area contributed by atoms with Crippen molar-refractivity contribution in [2.75, 3.05) is 31.6 Å². The highest BCUT2D eigenvalue weighted by Crippen LogP contribution is 2.23. The van der Waals surface area contributed by atoms with E-state index in [-0.39, 0.29) is 5.82 Å². The molecule has 1 aliphatic rings. The number of hydrogen-bond acceptors (Lipinski definition) is 3. The third kappa shape index (κ3) is 4.10. The van der Waals surface area contributed by atoms with E-state index in [1.807, 2.05) is 13.0 Å². The zero-order valence-corrected chi connectivity index (χ0v) is 12.5. The predicted octanol–water partition coefficient (Wildman–Crippen LogP) is 3.51. The van der Waals surface area contributed by atoms with Crippen molar-refractivity contribution in [3.63, 3.8) is 0 Å². The van der Waals surface area contributed by atoms with Crippen molar-refractivity contribution in [2.45, 2.75) is 39.2 Å². The van der Waals surface area contributed by atoms with Crippen molar-refractivity contribution in [3.05, 3.63) is 24.0 Å². The Bertz CT molecular complexity index is 417. The second-order valence-corrected chi connectivity index (χ2v) is 5.34. The maximum Gasteiger partial charge on any atom is 0.167 e. The lowest BCUT2D eigenvalue weighted by atomic mass is 10.0. The van der Waals surface area contributed by atoms with Gasteiger partial charge >= 0.3 is 0 Å². The Kier molecular flexibility index (Phi) is 5.65. The fourth-order valence-electron chi connectivity index (χ4n) is 2.72. The number of nitrogens with one attached hydrogen (secondary N) is 1. The van der Waals surface area contributed by atoms with Crippen LogP contribution in [0.25, 0.3) is 0 Å². The van der Waals surface area contributed by atoms with Crippen LogP contribution < -0.4 is 10.1 Å². The number of rotatable bonds is 6. The molecule has 1 heterocycles. The lowest BCUT2D eigenvalue weighted by molar-refractivity contribution is 0.219. The minimum Gasteiger partial charge on any atom is -0.491 e. The summed E-state index contributed by atoms with van der Waals surface area (Å²) < 4.78 is 19.0. The Morgan fingerprint density at radius 3 is 2.65 bits per heavy atom. The van der Waals surface area contributed by atoms with Crippen molar-refractivity contribution >= 4 is 5.69 Å². The number of anilines is 1. The van der Waals surface area contributed by atoms with Crippen LogP contribution in [0.2, 0.25) is 0 Å². The molecule has 0 saturated carbocycles. The number of benzene rings is 1. The van der Waals surface area contributed by atoms with Crippen LogP contribution in [0.15, 0.2) is 18.2 Å². The molecule has 1 aromatic rings. The molecule has 2 rings (SSSR count). The fourth-order valence-corrected chi connectivity index (χ4v) is 2.72.